The average Bonchev–Trinajstić information content (AvgIpc) is 2.79. The zero-order chi connectivity index (χ0) is 14.9. The molecule has 0 saturated carbocycles. The van der Waals surface area contributed by atoms with E-state index in [1.54, 1.807) is 31.0 Å². The van der Waals surface area contributed by atoms with Crippen LogP contribution in [0.2, 0.25) is 0 Å². The van der Waals surface area contributed by atoms with Crippen molar-refractivity contribution in [3.05, 3.63) is 41.6 Å². The Hall–Kier alpha value is -1.82. The second-order valence-electron chi connectivity index (χ2n) is 4.66. The van der Waals surface area contributed by atoms with Crippen LogP contribution in [0.4, 0.5) is 13.2 Å². The van der Waals surface area contributed by atoms with Crippen molar-refractivity contribution in [2.24, 2.45) is 7.05 Å². The van der Waals surface area contributed by atoms with Gasteiger partial charge in [-0.2, -0.15) is 18.3 Å². The van der Waals surface area contributed by atoms with Crippen molar-refractivity contribution in [1.82, 2.24) is 15.1 Å². The van der Waals surface area contributed by atoms with E-state index in [1.165, 1.54) is 6.07 Å². The van der Waals surface area contributed by atoms with E-state index in [2.05, 4.69) is 10.4 Å². The number of aromatic nitrogens is 2. The number of halogens is 3. The SMILES string of the molecule is CNC(C)c1cnn(C)c1-c1cccc(C(F)(F)F)c1. The van der Waals surface area contributed by atoms with Gasteiger partial charge in [-0.05, 0) is 26.1 Å². The Kier molecular flexibility index (Phi) is 3.85. The molecule has 1 aromatic carbocycles. The van der Waals surface area contributed by atoms with Crippen LogP contribution in [0.25, 0.3) is 11.3 Å². The van der Waals surface area contributed by atoms with E-state index in [9.17, 15) is 13.2 Å². The predicted octanol–water partition coefficient (Wildman–Crippen LogP) is 3.39. The quantitative estimate of drug-likeness (QED) is 0.935. The highest BCUT2D eigenvalue weighted by Crippen LogP contribution is 2.34. The second kappa shape index (κ2) is 5.28. The molecule has 1 unspecified atom stereocenters. The summed E-state index contributed by atoms with van der Waals surface area (Å²) in [7, 11) is 3.52. The molecule has 0 radical (unpaired) electrons. The molecular formula is C14H16F3N3. The van der Waals surface area contributed by atoms with Crippen LogP contribution in [-0.2, 0) is 13.2 Å². The second-order valence-corrected chi connectivity index (χ2v) is 4.66. The van der Waals surface area contributed by atoms with E-state index >= 15 is 0 Å². The van der Waals surface area contributed by atoms with Crippen LogP contribution in [-0.4, -0.2) is 16.8 Å². The molecule has 2 rings (SSSR count). The van der Waals surface area contributed by atoms with Crippen molar-refractivity contribution < 1.29 is 13.2 Å². The highest BCUT2D eigenvalue weighted by atomic mass is 19.4. The Morgan fingerprint density at radius 2 is 2.00 bits per heavy atom. The summed E-state index contributed by atoms with van der Waals surface area (Å²) in [5.74, 6) is 0. The highest BCUT2D eigenvalue weighted by Gasteiger charge is 2.31. The van der Waals surface area contributed by atoms with Crippen LogP contribution in [0, 0.1) is 0 Å². The average molecular weight is 283 g/mol. The van der Waals surface area contributed by atoms with Gasteiger partial charge >= 0.3 is 6.18 Å². The Balaban J connectivity index is 2.55. The molecular weight excluding hydrogens is 267 g/mol. The molecule has 2 aromatic rings. The van der Waals surface area contributed by atoms with Gasteiger partial charge in [0.2, 0.25) is 0 Å². The summed E-state index contributed by atoms with van der Waals surface area (Å²) in [6.07, 6.45) is -2.67. The minimum absolute atomic E-state index is 0.00763. The lowest BCUT2D eigenvalue weighted by molar-refractivity contribution is -0.137. The Labute approximate surface area is 115 Å². The van der Waals surface area contributed by atoms with Crippen molar-refractivity contribution in [1.29, 1.82) is 0 Å². The summed E-state index contributed by atoms with van der Waals surface area (Å²) in [4.78, 5) is 0. The Bertz CT molecular complexity index is 602. The first-order valence-electron chi connectivity index (χ1n) is 6.21. The van der Waals surface area contributed by atoms with Gasteiger partial charge < -0.3 is 5.32 Å². The first kappa shape index (κ1) is 14.6. The number of rotatable bonds is 3. The van der Waals surface area contributed by atoms with Gasteiger partial charge in [0.25, 0.3) is 0 Å². The van der Waals surface area contributed by atoms with Crippen LogP contribution >= 0.6 is 0 Å². The van der Waals surface area contributed by atoms with E-state index in [0.717, 1.165) is 17.7 Å². The van der Waals surface area contributed by atoms with Gasteiger partial charge in [-0.3, -0.25) is 4.68 Å². The molecule has 0 saturated heterocycles. The number of nitrogens with zero attached hydrogens (tertiary/aromatic N) is 2. The molecule has 1 aromatic heterocycles. The van der Waals surface area contributed by atoms with Gasteiger partial charge in [-0.25, -0.2) is 0 Å². The largest absolute Gasteiger partial charge is 0.416 e. The molecule has 0 aliphatic carbocycles. The third-order valence-electron chi connectivity index (χ3n) is 3.33. The lowest BCUT2D eigenvalue weighted by Gasteiger charge is -2.14. The van der Waals surface area contributed by atoms with Gasteiger partial charge in [0.1, 0.15) is 0 Å². The molecule has 0 spiro atoms. The molecule has 3 nitrogen and oxygen atoms in total. The van der Waals surface area contributed by atoms with Crippen LogP contribution in [0.3, 0.4) is 0 Å². The molecule has 0 amide bonds. The molecule has 0 bridgehead atoms. The number of nitrogens with one attached hydrogen (secondary N) is 1. The van der Waals surface area contributed by atoms with Crippen molar-refractivity contribution in [3.8, 4) is 11.3 Å². The molecule has 108 valence electrons. The van der Waals surface area contributed by atoms with Gasteiger partial charge in [0.15, 0.2) is 0 Å². The van der Waals surface area contributed by atoms with Crippen LogP contribution in [0.5, 0.6) is 0 Å². The summed E-state index contributed by atoms with van der Waals surface area (Å²) >= 11 is 0. The molecule has 20 heavy (non-hydrogen) atoms. The Morgan fingerprint density at radius 3 is 2.60 bits per heavy atom. The summed E-state index contributed by atoms with van der Waals surface area (Å²) in [5, 5.41) is 7.22. The maximum absolute atomic E-state index is 12.8. The van der Waals surface area contributed by atoms with Crippen LogP contribution < -0.4 is 5.32 Å². The lowest BCUT2D eigenvalue weighted by atomic mass is 10.0. The summed E-state index contributed by atoms with van der Waals surface area (Å²) < 4.78 is 40.0. The zero-order valence-electron chi connectivity index (χ0n) is 11.5. The molecule has 0 aliphatic heterocycles. The molecule has 1 N–H and O–H groups in total. The fourth-order valence-corrected chi connectivity index (χ4v) is 2.12. The van der Waals surface area contributed by atoms with Crippen LogP contribution in [0.1, 0.15) is 24.1 Å². The van der Waals surface area contributed by atoms with Crippen molar-refractivity contribution in [2.75, 3.05) is 7.05 Å². The van der Waals surface area contributed by atoms with E-state index in [4.69, 9.17) is 0 Å². The van der Waals surface area contributed by atoms with E-state index in [-0.39, 0.29) is 6.04 Å². The first-order chi connectivity index (χ1) is 9.34. The number of hydrogen-bond acceptors (Lipinski definition) is 2. The predicted molar refractivity (Wildman–Crippen MR) is 71.1 cm³/mol. The maximum Gasteiger partial charge on any atom is 0.416 e. The molecule has 0 aliphatic rings. The lowest BCUT2D eigenvalue weighted by Crippen LogP contribution is -2.13. The van der Waals surface area contributed by atoms with Gasteiger partial charge in [-0.15, -0.1) is 0 Å². The summed E-state index contributed by atoms with van der Waals surface area (Å²) in [5.41, 5.74) is 1.42. The minimum atomic E-state index is -4.34. The first-order valence-corrected chi connectivity index (χ1v) is 6.21. The molecule has 1 atom stereocenters. The Morgan fingerprint density at radius 1 is 1.30 bits per heavy atom. The number of alkyl halides is 3. The van der Waals surface area contributed by atoms with Gasteiger partial charge in [0.05, 0.1) is 17.5 Å². The normalized spacial score (nSPS) is 13.5. The minimum Gasteiger partial charge on any atom is -0.313 e. The maximum atomic E-state index is 12.8. The fourth-order valence-electron chi connectivity index (χ4n) is 2.12. The highest BCUT2D eigenvalue weighted by molar-refractivity contribution is 5.65. The standard InChI is InChI=1S/C14H16F3N3/c1-9(18-2)12-8-19-20(3)13(12)10-5-4-6-11(7-10)14(15,16)17/h4-9,18H,1-3H3. The van der Waals surface area contributed by atoms with Crippen LogP contribution in [0.15, 0.2) is 30.5 Å². The summed E-state index contributed by atoms with van der Waals surface area (Å²) in [6, 6.07) is 5.31. The number of hydrogen-bond donors (Lipinski definition) is 1. The van der Waals surface area contributed by atoms with E-state index in [0.29, 0.717) is 11.3 Å². The summed E-state index contributed by atoms with van der Waals surface area (Å²) in [6.45, 7) is 1.94. The third-order valence-corrected chi connectivity index (χ3v) is 3.33. The number of aryl methyl sites for hydroxylation is 1. The third kappa shape index (κ3) is 2.70. The van der Waals surface area contributed by atoms with Crippen molar-refractivity contribution in [3.63, 3.8) is 0 Å². The number of benzene rings is 1. The van der Waals surface area contributed by atoms with E-state index < -0.39 is 11.7 Å². The zero-order valence-corrected chi connectivity index (χ0v) is 11.5. The van der Waals surface area contributed by atoms with Gasteiger partial charge in [0, 0.05) is 24.2 Å². The molecule has 6 heteroatoms. The topological polar surface area (TPSA) is 29.9 Å². The van der Waals surface area contributed by atoms with Crippen molar-refractivity contribution in [2.45, 2.75) is 19.1 Å². The van der Waals surface area contributed by atoms with E-state index in [1.807, 2.05) is 6.92 Å². The molecule has 0 fully saturated rings. The van der Waals surface area contributed by atoms with Gasteiger partial charge in [-0.1, -0.05) is 12.1 Å². The fraction of sp³-hybridized carbons (Fsp3) is 0.357. The smallest absolute Gasteiger partial charge is 0.313 e. The molecule has 1 heterocycles. The van der Waals surface area contributed by atoms with Crippen molar-refractivity contribution >= 4 is 0 Å². The monoisotopic (exact) mass is 283 g/mol.